The Kier molecular flexibility index (Phi) is 8.80. The van der Waals surface area contributed by atoms with Gasteiger partial charge in [0.15, 0.2) is 0 Å². The van der Waals surface area contributed by atoms with Crippen molar-refractivity contribution < 1.29 is 22.7 Å². The summed E-state index contributed by atoms with van der Waals surface area (Å²) in [5.74, 6) is -0.949. The van der Waals surface area contributed by atoms with E-state index in [1.165, 1.54) is 42.6 Å². The van der Waals surface area contributed by atoms with E-state index in [1.54, 1.807) is 54.6 Å². The summed E-state index contributed by atoms with van der Waals surface area (Å²) >= 11 is 9.45. The molecule has 1 amide bonds. The fraction of sp³-hybridized carbons (Fsp3) is 0.0357. The highest BCUT2D eigenvalue weighted by atomic mass is 79.9. The first-order valence-electron chi connectivity index (χ1n) is 11.4. The zero-order chi connectivity index (χ0) is 28.0. The zero-order valence-corrected chi connectivity index (χ0v) is 23.5. The van der Waals surface area contributed by atoms with Gasteiger partial charge < -0.3 is 4.74 Å². The first kappa shape index (κ1) is 28.0. The van der Waals surface area contributed by atoms with Gasteiger partial charge >= 0.3 is 5.97 Å². The number of ether oxygens (including phenoxy) is 1. The van der Waals surface area contributed by atoms with Crippen LogP contribution >= 0.6 is 27.5 Å². The number of sulfonamides is 1. The quantitative estimate of drug-likeness (QED) is 0.105. The number of halogens is 2. The third-order valence-corrected chi connectivity index (χ3v) is 7.59. The van der Waals surface area contributed by atoms with Gasteiger partial charge in [0.2, 0.25) is 0 Å². The van der Waals surface area contributed by atoms with Gasteiger partial charge in [-0.25, -0.2) is 18.6 Å². The van der Waals surface area contributed by atoms with Crippen molar-refractivity contribution in [2.45, 2.75) is 11.8 Å². The smallest absolute Gasteiger partial charge is 0.345 e. The lowest BCUT2D eigenvalue weighted by molar-refractivity contribution is 0.0734. The molecule has 0 heterocycles. The molecule has 0 aromatic heterocycles. The summed E-state index contributed by atoms with van der Waals surface area (Å²) in [6.07, 6.45) is 1.34. The van der Waals surface area contributed by atoms with E-state index in [0.717, 1.165) is 5.56 Å². The molecule has 0 bridgehead atoms. The first-order chi connectivity index (χ1) is 18.6. The van der Waals surface area contributed by atoms with Crippen molar-refractivity contribution in [3.05, 3.63) is 123 Å². The normalized spacial score (nSPS) is 11.3. The van der Waals surface area contributed by atoms with Crippen LogP contribution in [0.3, 0.4) is 0 Å². The number of aryl methyl sites for hydroxylation is 1. The van der Waals surface area contributed by atoms with Crippen LogP contribution in [0.15, 0.2) is 105 Å². The van der Waals surface area contributed by atoms with Gasteiger partial charge in [0.25, 0.3) is 15.9 Å². The van der Waals surface area contributed by atoms with E-state index in [9.17, 15) is 18.0 Å². The molecule has 11 heteroatoms. The number of amides is 1. The second-order valence-corrected chi connectivity index (χ2v) is 11.3. The molecule has 0 saturated heterocycles. The number of carbonyl (C=O) groups excluding carboxylic acids is 2. The van der Waals surface area contributed by atoms with Crippen molar-refractivity contribution in [3.63, 3.8) is 0 Å². The minimum absolute atomic E-state index is 0.133. The second-order valence-electron chi connectivity index (χ2n) is 8.25. The maximum atomic E-state index is 12.6. The molecule has 0 saturated carbocycles. The summed E-state index contributed by atoms with van der Waals surface area (Å²) in [6, 6.07) is 23.8. The number of nitrogens with zero attached hydrogens (tertiary/aromatic N) is 1. The van der Waals surface area contributed by atoms with Gasteiger partial charge in [-0.05, 0) is 73.7 Å². The summed E-state index contributed by atoms with van der Waals surface area (Å²) in [5, 5.41) is 4.23. The number of hydrazone groups is 1. The van der Waals surface area contributed by atoms with Gasteiger partial charge in [-0.1, -0.05) is 57.4 Å². The van der Waals surface area contributed by atoms with Crippen LogP contribution in [0.25, 0.3) is 0 Å². The average molecular weight is 627 g/mol. The van der Waals surface area contributed by atoms with Gasteiger partial charge in [0.05, 0.1) is 21.7 Å². The van der Waals surface area contributed by atoms with Crippen molar-refractivity contribution in [3.8, 4) is 5.75 Å². The number of esters is 1. The molecular formula is C28H21BrClN3O5S. The maximum absolute atomic E-state index is 12.6. The van der Waals surface area contributed by atoms with Gasteiger partial charge in [-0.3, -0.25) is 9.52 Å². The Morgan fingerprint density at radius 2 is 1.64 bits per heavy atom. The monoisotopic (exact) mass is 625 g/mol. The fourth-order valence-corrected chi connectivity index (χ4v) is 4.99. The summed E-state index contributed by atoms with van der Waals surface area (Å²) in [6.45, 7) is 1.87. The maximum Gasteiger partial charge on any atom is 0.345 e. The van der Waals surface area contributed by atoms with Crippen molar-refractivity contribution in [2.24, 2.45) is 5.10 Å². The van der Waals surface area contributed by atoms with Crippen LogP contribution in [-0.4, -0.2) is 26.5 Å². The first-order valence-corrected chi connectivity index (χ1v) is 14.1. The molecule has 4 aromatic rings. The van der Waals surface area contributed by atoms with Gasteiger partial charge in [0, 0.05) is 21.3 Å². The number of benzene rings is 4. The number of carbonyl (C=O) groups is 2. The zero-order valence-electron chi connectivity index (χ0n) is 20.4. The van der Waals surface area contributed by atoms with Gasteiger partial charge in [-0.2, -0.15) is 5.10 Å². The number of nitrogens with one attached hydrogen (secondary N) is 2. The summed E-state index contributed by atoms with van der Waals surface area (Å²) in [5.41, 5.74) is 4.54. The van der Waals surface area contributed by atoms with Crippen molar-refractivity contribution in [1.82, 2.24) is 5.43 Å². The number of anilines is 1. The Labute approximate surface area is 238 Å². The van der Waals surface area contributed by atoms with E-state index in [0.29, 0.717) is 15.7 Å². The predicted molar refractivity (Wildman–Crippen MR) is 154 cm³/mol. The topological polar surface area (TPSA) is 114 Å². The highest BCUT2D eigenvalue weighted by Gasteiger charge is 2.16. The van der Waals surface area contributed by atoms with E-state index in [1.807, 2.05) is 6.92 Å². The SMILES string of the molecule is Cc1ccc(S(=O)(=O)Nc2ccc(C(=O)N/N=C/c3cc(Br)ccc3OC(=O)c3ccccc3Cl)cc2)cc1. The molecule has 8 nitrogen and oxygen atoms in total. The van der Waals surface area contributed by atoms with Crippen LogP contribution < -0.4 is 14.9 Å². The molecular weight excluding hydrogens is 606 g/mol. The molecule has 0 aliphatic heterocycles. The number of hydrogen-bond acceptors (Lipinski definition) is 6. The van der Waals surface area contributed by atoms with Crippen LogP contribution in [0.4, 0.5) is 5.69 Å². The lowest BCUT2D eigenvalue weighted by Gasteiger charge is -2.09. The standard InChI is InChI=1S/C28H21BrClN3O5S/c1-18-6-13-23(14-7-18)39(36,37)33-22-11-8-19(9-12-22)27(34)32-31-17-20-16-21(29)10-15-26(20)38-28(35)24-4-2-3-5-25(24)30/h2-17,33H,1H3,(H,32,34)/b31-17+. The molecule has 0 fully saturated rings. The van der Waals surface area contributed by atoms with Crippen LogP contribution in [0.2, 0.25) is 5.02 Å². The van der Waals surface area contributed by atoms with E-state index in [-0.39, 0.29) is 26.8 Å². The Morgan fingerprint density at radius 1 is 0.949 bits per heavy atom. The lowest BCUT2D eigenvalue weighted by atomic mass is 10.2. The van der Waals surface area contributed by atoms with Crippen LogP contribution in [0, 0.1) is 6.92 Å². The second kappa shape index (κ2) is 12.2. The summed E-state index contributed by atoms with van der Waals surface area (Å²) in [7, 11) is -3.77. The molecule has 4 aromatic carbocycles. The minimum atomic E-state index is -3.77. The molecule has 2 N–H and O–H groups in total. The average Bonchev–Trinajstić information content (AvgIpc) is 2.90. The molecule has 0 aliphatic carbocycles. The van der Waals surface area contributed by atoms with Crippen LogP contribution in [0.5, 0.6) is 5.75 Å². The molecule has 0 aliphatic rings. The fourth-order valence-electron chi connectivity index (χ4n) is 3.34. The molecule has 0 spiro atoms. The van der Waals surface area contributed by atoms with Gasteiger partial charge in [-0.15, -0.1) is 0 Å². The largest absolute Gasteiger partial charge is 0.422 e. The Balaban J connectivity index is 1.41. The van der Waals surface area contributed by atoms with Crippen LogP contribution in [-0.2, 0) is 10.0 Å². The number of rotatable bonds is 8. The third kappa shape index (κ3) is 7.32. The predicted octanol–water partition coefficient (Wildman–Crippen LogP) is 6.19. The van der Waals surface area contributed by atoms with E-state index >= 15 is 0 Å². The third-order valence-electron chi connectivity index (χ3n) is 5.37. The molecule has 39 heavy (non-hydrogen) atoms. The minimum Gasteiger partial charge on any atom is -0.422 e. The van der Waals surface area contributed by atoms with Gasteiger partial charge in [0.1, 0.15) is 5.75 Å². The number of hydrogen-bond donors (Lipinski definition) is 2. The highest BCUT2D eigenvalue weighted by molar-refractivity contribution is 9.10. The summed E-state index contributed by atoms with van der Waals surface area (Å²) < 4.78 is 33.8. The van der Waals surface area contributed by atoms with Crippen molar-refractivity contribution in [2.75, 3.05) is 4.72 Å². The van der Waals surface area contributed by atoms with Crippen LogP contribution in [0.1, 0.15) is 31.8 Å². The Hall–Kier alpha value is -3.99. The molecule has 0 unspecified atom stereocenters. The van der Waals surface area contributed by atoms with E-state index in [4.69, 9.17) is 16.3 Å². The molecule has 0 atom stereocenters. The highest BCUT2D eigenvalue weighted by Crippen LogP contribution is 2.24. The molecule has 4 rings (SSSR count). The molecule has 0 radical (unpaired) electrons. The molecule has 198 valence electrons. The lowest BCUT2D eigenvalue weighted by Crippen LogP contribution is -2.18. The van der Waals surface area contributed by atoms with Crippen molar-refractivity contribution >= 4 is 61.3 Å². The Bertz CT molecular complexity index is 1660. The van der Waals surface area contributed by atoms with Crippen molar-refractivity contribution in [1.29, 1.82) is 0 Å². The van der Waals surface area contributed by atoms with E-state index in [2.05, 4.69) is 31.2 Å². The Morgan fingerprint density at radius 3 is 2.33 bits per heavy atom. The summed E-state index contributed by atoms with van der Waals surface area (Å²) in [4.78, 5) is 25.3. The van der Waals surface area contributed by atoms with E-state index < -0.39 is 21.9 Å².